The number of benzene rings is 1. The van der Waals surface area contributed by atoms with Gasteiger partial charge in [0.25, 0.3) is 11.8 Å². The van der Waals surface area contributed by atoms with E-state index in [1.54, 1.807) is 24.3 Å². The van der Waals surface area contributed by atoms with E-state index in [0.29, 0.717) is 12.3 Å². The average molecular weight is 271 g/mol. The molecule has 1 aromatic carbocycles. The minimum absolute atomic E-state index is 0.145. The van der Waals surface area contributed by atoms with Crippen LogP contribution in [0.15, 0.2) is 35.4 Å². The second-order valence-electron chi connectivity index (χ2n) is 5.04. The summed E-state index contributed by atoms with van der Waals surface area (Å²) in [7, 11) is 0. The van der Waals surface area contributed by atoms with Crippen LogP contribution in [0.2, 0.25) is 0 Å². The minimum atomic E-state index is -0.145. The Kier molecular flexibility index (Phi) is 3.30. The van der Waals surface area contributed by atoms with Gasteiger partial charge in [-0.3, -0.25) is 9.59 Å². The molecular formula is C16H17NO3. The van der Waals surface area contributed by atoms with Crippen molar-refractivity contribution in [3.8, 4) is 5.75 Å². The van der Waals surface area contributed by atoms with Gasteiger partial charge in [-0.05, 0) is 56.9 Å². The molecule has 0 saturated heterocycles. The Morgan fingerprint density at radius 2 is 1.55 bits per heavy atom. The molecule has 0 fully saturated rings. The lowest BCUT2D eigenvalue weighted by atomic mass is 9.93. The lowest BCUT2D eigenvalue weighted by molar-refractivity contribution is -0.120. The number of imide groups is 1. The predicted molar refractivity (Wildman–Crippen MR) is 75.6 cm³/mol. The highest BCUT2D eigenvalue weighted by atomic mass is 16.5. The van der Waals surface area contributed by atoms with Gasteiger partial charge in [0, 0.05) is 11.1 Å². The van der Waals surface area contributed by atoms with Crippen LogP contribution < -0.4 is 9.64 Å². The molecule has 1 aromatic rings. The molecule has 3 rings (SSSR count). The summed E-state index contributed by atoms with van der Waals surface area (Å²) in [6.07, 6.45) is 3.45. The first kappa shape index (κ1) is 12.9. The standard InChI is InChI=1S/C16H17NO3/c1-2-20-12-9-7-11(8-10-12)17-15(18)13-5-3-4-6-14(13)16(17)19/h7-10H,2-6H2,1H3. The highest BCUT2D eigenvalue weighted by molar-refractivity contribution is 6.33. The topological polar surface area (TPSA) is 46.6 Å². The van der Waals surface area contributed by atoms with Crippen molar-refractivity contribution in [1.29, 1.82) is 0 Å². The molecule has 0 bridgehead atoms. The van der Waals surface area contributed by atoms with Crippen molar-refractivity contribution in [2.75, 3.05) is 11.5 Å². The van der Waals surface area contributed by atoms with Gasteiger partial charge in [-0.15, -0.1) is 0 Å². The van der Waals surface area contributed by atoms with Crippen LogP contribution in [0.1, 0.15) is 32.6 Å². The zero-order valence-electron chi connectivity index (χ0n) is 11.5. The number of anilines is 1. The van der Waals surface area contributed by atoms with Crippen LogP contribution in [0.25, 0.3) is 0 Å². The largest absolute Gasteiger partial charge is 0.494 e. The van der Waals surface area contributed by atoms with Crippen LogP contribution in [-0.4, -0.2) is 18.4 Å². The molecule has 0 spiro atoms. The zero-order chi connectivity index (χ0) is 14.1. The monoisotopic (exact) mass is 271 g/mol. The fourth-order valence-corrected chi connectivity index (χ4v) is 2.83. The Morgan fingerprint density at radius 3 is 2.05 bits per heavy atom. The van der Waals surface area contributed by atoms with Gasteiger partial charge in [-0.25, -0.2) is 4.90 Å². The molecular weight excluding hydrogens is 254 g/mol. The van der Waals surface area contributed by atoms with Gasteiger partial charge in [0.15, 0.2) is 0 Å². The summed E-state index contributed by atoms with van der Waals surface area (Å²) in [5, 5.41) is 0. The number of amides is 2. The Morgan fingerprint density at radius 1 is 1.00 bits per heavy atom. The Balaban J connectivity index is 1.88. The Bertz CT molecular complexity index is 558. The molecule has 1 aliphatic carbocycles. The molecule has 0 N–H and O–H groups in total. The maximum Gasteiger partial charge on any atom is 0.261 e. The van der Waals surface area contributed by atoms with Crippen molar-refractivity contribution in [2.45, 2.75) is 32.6 Å². The van der Waals surface area contributed by atoms with Crippen LogP contribution in [0.4, 0.5) is 5.69 Å². The number of carbonyl (C=O) groups is 2. The number of hydrogen-bond acceptors (Lipinski definition) is 3. The molecule has 0 aromatic heterocycles. The molecule has 20 heavy (non-hydrogen) atoms. The zero-order valence-corrected chi connectivity index (χ0v) is 11.5. The van der Waals surface area contributed by atoms with E-state index >= 15 is 0 Å². The maximum atomic E-state index is 12.4. The van der Waals surface area contributed by atoms with Gasteiger partial charge >= 0.3 is 0 Å². The molecule has 104 valence electrons. The summed E-state index contributed by atoms with van der Waals surface area (Å²) in [5.41, 5.74) is 2.06. The molecule has 0 unspecified atom stereocenters. The number of rotatable bonds is 3. The first-order valence-corrected chi connectivity index (χ1v) is 7.06. The lowest BCUT2D eigenvalue weighted by Gasteiger charge is -2.15. The molecule has 1 aliphatic heterocycles. The highest BCUT2D eigenvalue weighted by Crippen LogP contribution is 2.35. The van der Waals surface area contributed by atoms with Crippen molar-refractivity contribution in [2.24, 2.45) is 0 Å². The molecule has 4 nitrogen and oxygen atoms in total. The van der Waals surface area contributed by atoms with Crippen LogP contribution in [-0.2, 0) is 9.59 Å². The molecule has 4 heteroatoms. The number of hydrogen-bond donors (Lipinski definition) is 0. The number of carbonyl (C=O) groups excluding carboxylic acids is 2. The Hall–Kier alpha value is -2.10. The molecule has 0 saturated carbocycles. The van der Waals surface area contributed by atoms with Crippen molar-refractivity contribution in [1.82, 2.24) is 0 Å². The molecule has 0 radical (unpaired) electrons. The van der Waals surface area contributed by atoms with E-state index < -0.39 is 0 Å². The molecule has 2 aliphatic rings. The van der Waals surface area contributed by atoms with Crippen LogP contribution in [0.3, 0.4) is 0 Å². The van der Waals surface area contributed by atoms with Gasteiger partial charge in [0.1, 0.15) is 5.75 Å². The van der Waals surface area contributed by atoms with Crippen molar-refractivity contribution >= 4 is 17.5 Å². The molecule has 2 amide bonds. The third-order valence-corrected chi connectivity index (χ3v) is 3.80. The summed E-state index contributed by atoms with van der Waals surface area (Å²) in [6.45, 7) is 2.51. The minimum Gasteiger partial charge on any atom is -0.494 e. The first-order chi connectivity index (χ1) is 9.72. The van der Waals surface area contributed by atoms with Gasteiger partial charge < -0.3 is 4.74 Å². The number of ether oxygens (including phenoxy) is 1. The van der Waals surface area contributed by atoms with E-state index in [1.165, 1.54) is 4.90 Å². The number of nitrogens with zero attached hydrogens (tertiary/aromatic N) is 1. The smallest absolute Gasteiger partial charge is 0.261 e. The molecule has 1 heterocycles. The Labute approximate surface area is 118 Å². The fraction of sp³-hybridized carbons (Fsp3) is 0.375. The maximum absolute atomic E-state index is 12.4. The average Bonchev–Trinajstić information content (AvgIpc) is 2.73. The van der Waals surface area contributed by atoms with Crippen molar-refractivity contribution < 1.29 is 14.3 Å². The van der Waals surface area contributed by atoms with Crippen LogP contribution in [0, 0.1) is 0 Å². The van der Waals surface area contributed by atoms with Crippen molar-refractivity contribution in [3.63, 3.8) is 0 Å². The van der Waals surface area contributed by atoms with E-state index in [1.807, 2.05) is 6.92 Å². The third-order valence-electron chi connectivity index (χ3n) is 3.80. The molecule has 0 atom stereocenters. The van der Waals surface area contributed by atoms with E-state index in [4.69, 9.17) is 4.74 Å². The summed E-state index contributed by atoms with van der Waals surface area (Å²) in [5.74, 6) is 0.454. The van der Waals surface area contributed by atoms with E-state index in [9.17, 15) is 9.59 Å². The van der Waals surface area contributed by atoms with E-state index in [-0.39, 0.29) is 11.8 Å². The lowest BCUT2D eigenvalue weighted by Crippen LogP contribution is -2.31. The summed E-state index contributed by atoms with van der Waals surface area (Å²) in [6, 6.07) is 7.10. The van der Waals surface area contributed by atoms with Gasteiger partial charge in [-0.2, -0.15) is 0 Å². The normalized spacial score (nSPS) is 18.6. The summed E-state index contributed by atoms with van der Waals surface area (Å²) >= 11 is 0. The van der Waals surface area contributed by atoms with Gasteiger partial charge in [0.2, 0.25) is 0 Å². The van der Waals surface area contributed by atoms with Gasteiger partial charge in [0.05, 0.1) is 12.3 Å². The van der Waals surface area contributed by atoms with Gasteiger partial charge in [-0.1, -0.05) is 0 Å². The van der Waals surface area contributed by atoms with Crippen LogP contribution >= 0.6 is 0 Å². The predicted octanol–water partition coefficient (Wildman–Crippen LogP) is 2.83. The van der Waals surface area contributed by atoms with E-state index in [2.05, 4.69) is 0 Å². The summed E-state index contributed by atoms with van der Waals surface area (Å²) in [4.78, 5) is 26.1. The third kappa shape index (κ3) is 2.01. The fourth-order valence-electron chi connectivity index (χ4n) is 2.83. The van der Waals surface area contributed by atoms with Crippen LogP contribution in [0.5, 0.6) is 5.75 Å². The first-order valence-electron chi connectivity index (χ1n) is 7.06. The SMILES string of the molecule is CCOc1ccc(N2C(=O)C3=C(CCCC3)C2=O)cc1. The van der Waals surface area contributed by atoms with Crippen molar-refractivity contribution in [3.05, 3.63) is 35.4 Å². The van der Waals surface area contributed by atoms with E-state index in [0.717, 1.165) is 42.6 Å². The second-order valence-corrected chi connectivity index (χ2v) is 5.04. The quantitative estimate of drug-likeness (QED) is 0.794. The second kappa shape index (κ2) is 5.12. The highest BCUT2D eigenvalue weighted by Gasteiger charge is 2.39. The summed E-state index contributed by atoms with van der Waals surface area (Å²) < 4.78 is 5.37.